The molecular weight excluding hydrogens is 314 g/mol. The number of nitrogens with one attached hydrogen (secondary N) is 1. The summed E-state index contributed by atoms with van der Waals surface area (Å²) in [5.74, 6) is 0.823. The molecular formula is C20H29N3S. The molecule has 2 aromatic rings. The summed E-state index contributed by atoms with van der Waals surface area (Å²) in [6, 6.07) is 9.12. The Balaban J connectivity index is 1.72. The van der Waals surface area contributed by atoms with Crippen LogP contribution in [0.3, 0.4) is 0 Å². The molecule has 2 heterocycles. The van der Waals surface area contributed by atoms with Gasteiger partial charge in [0.05, 0.1) is 5.69 Å². The van der Waals surface area contributed by atoms with E-state index in [-0.39, 0.29) is 0 Å². The lowest BCUT2D eigenvalue weighted by molar-refractivity contribution is 0.198. The van der Waals surface area contributed by atoms with Crippen LogP contribution in [0.4, 0.5) is 0 Å². The molecule has 1 aromatic carbocycles. The van der Waals surface area contributed by atoms with Crippen LogP contribution in [-0.2, 0) is 0 Å². The Labute approximate surface area is 150 Å². The van der Waals surface area contributed by atoms with E-state index in [1.807, 2.05) is 11.3 Å². The van der Waals surface area contributed by atoms with Gasteiger partial charge in [0.1, 0.15) is 5.01 Å². The molecule has 1 unspecified atom stereocenters. The van der Waals surface area contributed by atoms with Crippen molar-refractivity contribution in [3.63, 3.8) is 0 Å². The lowest BCUT2D eigenvalue weighted by atomic mass is 9.97. The third-order valence-electron chi connectivity index (χ3n) is 5.18. The molecule has 4 heteroatoms. The van der Waals surface area contributed by atoms with Crippen LogP contribution >= 0.6 is 11.3 Å². The van der Waals surface area contributed by atoms with E-state index in [0.29, 0.717) is 6.04 Å². The van der Waals surface area contributed by atoms with Crippen molar-refractivity contribution in [1.82, 2.24) is 15.2 Å². The van der Waals surface area contributed by atoms with Crippen LogP contribution in [0.5, 0.6) is 0 Å². The molecule has 1 aliphatic rings. The SMILES string of the molecule is Cc1ccc(-c2nc(C)c(C(C)N(C)CC3CCNCC3)s2)cc1. The Hall–Kier alpha value is -1.23. The normalized spacial score (nSPS) is 17.4. The number of hydrogen-bond donors (Lipinski definition) is 1. The number of thiazole rings is 1. The fourth-order valence-electron chi connectivity index (χ4n) is 3.45. The zero-order valence-corrected chi connectivity index (χ0v) is 16.1. The van der Waals surface area contributed by atoms with Gasteiger partial charge in [-0.3, -0.25) is 4.90 Å². The number of rotatable bonds is 5. The lowest BCUT2D eigenvalue weighted by Crippen LogP contribution is -2.35. The molecule has 130 valence electrons. The van der Waals surface area contributed by atoms with E-state index in [1.165, 1.54) is 54.2 Å². The third-order valence-corrected chi connectivity index (χ3v) is 6.55. The molecule has 0 saturated carbocycles. The highest BCUT2D eigenvalue weighted by molar-refractivity contribution is 7.15. The summed E-state index contributed by atoms with van der Waals surface area (Å²) in [4.78, 5) is 8.76. The summed E-state index contributed by atoms with van der Waals surface area (Å²) in [5, 5.41) is 4.60. The van der Waals surface area contributed by atoms with Gasteiger partial charge in [-0.15, -0.1) is 11.3 Å². The number of nitrogens with zero attached hydrogens (tertiary/aromatic N) is 2. The molecule has 0 spiro atoms. The topological polar surface area (TPSA) is 28.2 Å². The first-order valence-corrected chi connectivity index (χ1v) is 9.81. The van der Waals surface area contributed by atoms with Gasteiger partial charge in [0.25, 0.3) is 0 Å². The molecule has 0 aliphatic carbocycles. The Kier molecular flexibility index (Phi) is 5.69. The van der Waals surface area contributed by atoms with Gasteiger partial charge in [-0.25, -0.2) is 4.98 Å². The van der Waals surface area contributed by atoms with E-state index in [1.54, 1.807) is 0 Å². The molecule has 0 amide bonds. The second kappa shape index (κ2) is 7.77. The summed E-state index contributed by atoms with van der Waals surface area (Å²) >= 11 is 1.85. The van der Waals surface area contributed by atoms with Gasteiger partial charge >= 0.3 is 0 Å². The zero-order valence-electron chi connectivity index (χ0n) is 15.3. The number of aryl methyl sites for hydroxylation is 2. The summed E-state index contributed by atoms with van der Waals surface area (Å²) in [5.41, 5.74) is 3.70. The van der Waals surface area contributed by atoms with E-state index in [0.717, 1.165) is 10.9 Å². The maximum absolute atomic E-state index is 4.84. The number of hydrogen-bond acceptors (Lipinski definition) is 4. The second-order valence-electron chi connectivity index (χ2n) is 7.14. The minimum atomic E-state index is 0.427. The summed E-state index contributed by atoms with van der Waals surface area (Å²) in [6.45, 7) is 10.1. The van der Waals surface area contributed by atoms with Crippen molar-refractivity contribution in [2.75, 3.05) is 26.7 Å². The third kappa shape index (κ3) is 4.05. The van der Waals surface area contributed by atoms with Crippen LogP contribution in [0.1, 0.15) is 41.9 Å². The minimum Gasteiger partial charge on any atom is -0.317 e. The zero-order chi connectivity index (χ0) is 17.1. The molecule has 0 radical (unpaired) electrons. The predicted octanol–water partition coefficient (Wildman–Crippen LogP) is 4.42. The molecule has 1 N–H and O–H groups in total. The Morgan fingerprint density at radius 1 is 1.21 bits per heavy atom. The van der Waals surface area contributed by atoms with Crippen molar-refractivity contribution < 1.29 is 0 Å². The molecule has 1 saturated heterocycles. The van der Waals surface area contributed by atoms with Gasteiger partial charge in [-0.1, -0.05) is 29.8 Å². The fourth-order valence-corrected chi connectivity index (χ4v) is 4.63. The first-order chi connectivity index (χ1) is 11.5. The second-order valence-corrected chi connectivity index (χ2v) is 8.17. The van der Waals surface area contributed by atoms with Crippen LogP contribution in [0, 0.1) is 19.8 Å². The molecule has 1 aliphatic heterocycles. The number of piperidine rings is 1. The van der Waals surface area contributed by atoms with Gasteiger partial charge in [0.15, 0.2) is 0 Å². The lowest BCUT2D eigenvalue weighted by Gasteiger charge is -2.31. The van der Waals surface area contributed by atoms with Gasteiger partial charge in [0, 0.05) is 23.0 Å². The van der Waals surface area contributed by atoms with Crippen LogP contribution in [0.25, 0.3) is 10.6 Å². The molecule has 24 heavy (non-hydrogen) atoms. The highest BCUT2D eigenvalue weighted by atomic mass is 32.1. The van der Waals surface area contributed by atoms with Gasteiger partial charge in [-0.2, -0.15) is 0 Å². The molecule has 3 rings (SSSR count). The van der Waals surface area contributed by atoms with Gasteiger partial charge in [0.2, 0.25) is 0 Å². The van der Waals surface area contributed by atoms with E-state index in [4.69, 9.17) is 4.98 Å². The van der Waals surface area contributed by atoms with E-state index in [2.05, 4.69) is 62.3 Å². The smallest absolute Gasteiger partial charge is 0.123 e. The van der Waals surface area contributed by atoms with Crippen molar-refractivity contribution in [2.45, 2.75) is 39.7 Å². The fraction of sp³-hybridized carbons (Fsp3) is 0.550. The van der Waals surface area contributed by atoms with Crippen LogP contribution in [0.2, 0.25) is 0 Å². The van der Waals surface area contributed by atoms with Crippen LogP contribution in [-0.4, -0.2) is 36.6 Å². The summed E-state index contributed by atoms with van der Waals surface area (Å²) in [7, 11) is 2.26. The minimum absolute atomic E-state index is 0.427. The Morgan fingerprint density at radius 2 is 1.88 bits per heavy atom. The first-order valence-electron chi connectivity index (χ1n) is 9.00. The van der Waals surface area contributed by atoms with Crippen molar-refractivity contribution >= 4 is 11.3 Å². The van der Waals surface area contributed by atoms with Crippen LogP contribution in [0.15, 0.2) is 24.3 Å². The molecule has 0 bridgehead atoms. The molecule has 1 aromatic heterocycles. The van der Waals surface area contributed by atoms with Gasteiger partial charge < -0.3 is 5.32 Å². The van der Waals surface area contributed by atoms with Gasteiger partial charge in [-0.05, 0) is 59.7 Å². The average Bonchev–Trinajstić information content (AvgIpc) is 2.97. The van der Waals surface area contributed by atoms with E-state index in [9.17, 15) is 0 Å². The molecule has 1 atom stereocenters. The predicted molar refractivity (Wildman–Crippen MR) is 104 cm³/mol. The van der Waals surface area contributed by atoms with E-state index < -0.39 is 0 Å². The Bertz CT molecular complexity index is 656. The monoisotopic (exact) mass is 343 g/mol. The van der Waals surface area contributed by atoms with Crippen molar-refractivity contribution in [3.8, 4) is 10.6 Å². The van der Waals surface area contributed by atoms with Crippen molar-refractivity contribution in [2.24, 2.45) is 5.92 Å². The standard InChI is InChI=1S/C20H29N3S/c1-14-5-7-18(8-6-14)20-22-15(2)19(24-20)16(3)23(4)13-17-9-11-21-12-10-17/h5-8,16-17,21H,9-13H2,1-4H3. The van der Waals surface area contributed by atoms with Crippen molar-refractivity contribution in [3.05, 3.63) is 40.4 Å². The first kappa shape index (κ1) is 17.6. The van der Waals surface area contributed by atoms with Crippen LogP contribution < -0.4 is 5.32 Å². The largest absolute Gasteiger partial charge is 0.317 e. The summed E-state index contributed by atoms with van der Waals surface area (Å²) < 4.78 is 0. The van der Waals surface area contributed by atoms with Crippen molar-refractivity contribution in [1.29, 1.82) is 0 Å². The highest BCUT2D eigenvalue weighted by Gasteiger charge is 2.22. The molecule has 1 fully saturated rings. The maximum Gasteiger partial charge on any atom is 0.123 e. The Morgan fingerprint density at radius 3 is 2.54 bits per heavy atom. The van der Waals surface area contributed by atoms with E-state index >= 15 is 0 Å². The number of benzene rings is 1. The quantitative estimate of drug-likeness (QED) is 0.871. The molecule has 3 nitrogen and oxygen atoms in total. The number of aromatic nitrogens is 1. The summed E-state index contributed by atoms with van der Waals surface area (Å²) in [6.07, 6.45) is 2.60. The maximum atomic E-state index is 4.84. The average molecular weight is 344 g/mol. The highest BCUT2D eigenvalue weighted by Crippen LogP contribution is 2.34.